The van der Waals surface area contributed by atoms with Crippen LogP contribution in [0.2, 0.25) is 0 Å². The predicted octanol–water partition coefficient (Wildman–Crippen LogP) is 3.59. The maximum absolute atomic E-state index is 12.4. The number of aromatic nitrogens is 1. The van der Waals surface area contributed by atoms with Crippen molar-refractivity contribution in [1.29, 1.82) is 0 Å². The van der Waals surface area contributed by atoms with Gasteiger partial charge in [0, 0.05) is 0 Å². The largest absolute Gasteiger partial charge is 0.337 e. The number of hydrogen-bond acceptors (Lipinski definition) is 4. The van der Waals surface area contributed by atoms with Crippen LogP contribution in [-0.4, -0.2) is 13.6 Å². The van der Waals surface area contributed by atoms with E-state index in [2.05, 4.69) is 9.88 Å². The fraction of sp³-hybridized carbons (Fsp3) is 0.118. The molecular weight excluding hydrogens is 312 g/mol. The van der Waals surface area contributed by atoms with Crippen LogP contribution in [0.3, 0.4) is 0 Å². The Kier molecular flexibility index (Phi) is 4.16. The molecule has 0 aliphatic rings. The van der Waals surface area contributed by atoms with E-state index in [4.69, 9.17) is 4.52 Å². The highest BCUT2D eigenvalue weighted by Crippen LogP contribution is 2.28. The molecule has 0 spiro atoms. The van der Waals surface area contributed by atoms with Gasteiger partial charge in [0.2, 0.25) is 15.9 Å². The summed E-state index contributed by atoms with van der Waals surface area (Å²) < 4.78 is 32.3. The molecule has 1 N–H and O–H groups in total. The van der Waals surface area contributed by atoms with Crippen LogP contribution in [0.25, 0.3) is 11.1 Å². The molecule has 0 fully saturated rings. The Labute approximate surface area is 135 Å². The second-order valence-corrected chi connectivity index (χ2v) is 7.01. The number of anilines is 1. The van der Waals surface area contributed by atoms with E-state index >= 15 is 0 Å². The van der Waals surface area contributed by atoms with Gasteiger partial charge in [-0.05, 0) is 18.1 Å². The number of sulfonamides is 1. The van der Waals surface area contributed by atoms with Crippen molar-refractivity contribution in [3.8, 4) is 11.1 Å². The molecule has 1 aromatic heterocycles. The van der Waals surface area contributed by atoms with Crippen LogP contribution in [0.1, 0.15) is 11.1 Å². The summed E-state index contributed by atoms with van der Waals surface area (Å²) in [5, 5.41) is 3.70. The molecule has 0 saturated carbocycles. The third-order valence-electron chi connectivity index (χ3n) is 3.34. The lowest BCUT2D eigenvalue weighted by Gasteiger charge is -2.07. The minimum atomic E-state index is -3.59. The van der Waals surface area contributed by atoms with Gasteiger partial charge in [0.25, 0.3) is 0 Å². The Morgan fingerprint density at radius 1 is 1.09 bits per heavy atom. The standard InChI is InChI=1S/C17H16N2O3S/c1-13-6-5-7-14(10-13)12-23(20,21)19-17-16(11-18-22-17)15-8-3-2-4-9-15/h2-11,19H,12H2,1H3. The van der Waals surface area contributed by atoms with Crippen molar-refractivity contribution in [3.05, 3.63) is 71.9 Å². The van der Waals surface area contributed by atoms with Crippen molar-refractivity contribution < 1.29 is 12.9 Å². The predicted molar refractivity (Wildman–Crippen MR) is 89.4 cm³/mol. The second kappa shape index (κ2) is 6.26. The summed E-state index contributed by atoms with van der Waals surface area (Å²) in [5.74, 6) is 0.00715. The minimum Gasteiger partial charge on any atom is -0.337 e. The number of rotatable bonds is 5. The summed E-state index contributed by atoms with van der Waals surface area (Å²) >= 11 is 0. The molecular formula is C17H16N2O3S. The molecule has 0 aliphatic heterocycles. The van der Waals surface area contributed by atoms with Gasteiger partial charge in [-0.25, -0.2) is 8.42 Å². The van der Waals surface area contributed by atoms with E-state index in [1.54, 1.807) is 6.07 Å². The Hall–Kier alpha value is -2.60. The summed E-state index contributed by atoms with van der Waals surface area (Å²) in [6.45, 7) is 1.92. The first-order chi connectivity index (χ1) is 11.0. The molecule has 2 aromatic carbocycles. The average molecular weight is 328 g/mol. The third-order valence-corrected chi connectivity index (χ3v) is 4.55. The number of nitrogens with one attached hydrogen (secondary N) is 1. The molecule has 3 aromatic rings. The normalized spacial score (nSPS) is 11.3. The zero-order valence-corrected chi connectivity index (χ0v) is 13.4. The number of hydrogen-bond donors (Lipinski definition) is 1. The van der Waals surface area contributed by atoms with Crippen LogP contribution in [0, 0.1) is 6.92 Å². The molecule has 0 amide bonds. The zero-order valence-electron chi connectivity index (χ0n) is 12.6. The lowest BCUT2D eigenvalue weighted by atomic mass is 10.1. The SMILES string of the molecule is Cc1cccc(CS(=O)(=O)Nc2oncc2-c2ccccc2)c1. The molecule has 3 rings (SSSR count). The average Bonchev–Trinajstić information content (AvgIpc) is 2.95. The Morgan fingerprint density at radius 2 is 1.87 bits per heavy atom. The zero-order chi connectivity index (χ0) is 16.3. The molecule has 23 heavy (non-hydrogen) atoms. The van der Waals surface area contributed by atoms with Crippen LogP contribution in [-0.2, 0) is 15.8 Å². The number of benzene rings is 2. The molecule has 1 heterocycles. The number of aryl methyl sites for hydroxylation is 1. The van der Waals surface area contributed by atoms with Crippen LogP contribution in [0.5, 0.6) is 0 Å². The summed E-state index contributed by atoms with van der Waals surface area (Å²) in [6.07, 6.45) is 1.50. The Morgan fingerprint density at radius 3 is 2.61 bits per heavy atom. The highest BCUT2D eigenvalue weighted by atomic mass is 32.2. The van der Waals surface area contributed by atoms with Crippen LogP contribution >= 0.6 is 0 Å². The van der Waals surface area contributed by atoms with Gasteiger partial charge in [0.1, 0.15) is 0 Å². The van der Waals surface area contributed by atoms with Gasteiger partial charge in [-0.1, -0.05) is 65.3 Å². The van der Waals surface area contributed by atoms with Gasteiger partial charge in [-0.2, -0.15) is 0 Å². The summed E-state index contributed by atoms with van der Waals surface area (Å²) in [6, 6.07) is 16.7. The van der Waals surface area contributed by atoms with Crippen molar-refractivity contribution in [2.75, 3.05) is 4.72 Å². The molecule has 0 aliphatic carbocycles. The van der Waals surface area contributed by atoms with E-state index in [1.165, 1.54) is 6.20 Å². The summed E-state index contributed by atoms with van der Waals surface area (Å²) in [7, 11) is -3.59. The van der Waals surface area contributed by atoms with Crippen molar-refractivity contribution in [3.63, 3.8) is 0 Å². The molecule has 0 bridgehead atoms. The first-order valence-electron chi connectivity index (χ1n) is 7.10. The van der Waals surface area contributed by atoms with Gasteiger partial charge in [0.15, 0.2) is 0 Å². The first-order valence-corrected chi connectivity index (χ1v) is 8.75. The van der Waals surface area contributed by atoms with E-state index in [-0.39, 0.29) is 11.6 Å². The van der Waals surface area contributed by atoms with Crippen molar-refractivity contribution in [1.82, 2.24) is 5.16 Å². The highest BCUT2D eigenvalue weighted by Gasteiger charge is 2.18. The van der Waals surface area contributed by atoms with Crippen LogP contribution in [0.15, 0.2) is 65.3 Å². The molecule has 6 heteroatoms. The molecule has 118 valence electrons. The smallest absolute Gasteiger partial charge is 0.245 e. The number of nitrogens with zero attached hydrogens (tertiary/aromatic N) is 1. The Balaban J connectivity index is 1.83. The van der Waals surface area contributed by atoms with Gasteiger partial charge in [-0.15, -0.1) is 0 Å². The van der Waals surface area contributed by atoms with E-state index in [0.717, 1.165) is 16.7 Å². The van der Waals surface area contributed by atoms with Gasteiger partial charge >= 0.3 is 0 Å². The Bertz CT molecular complexity index is 902. The molecule has 5 nitrogen and oxygen atoms in total. The molecule has 0 radical (unpaired) electrons. The van der Waals surface area contributed by atoms with Crippen molar-refractivity contribution >= 4 is 15.9 Å². The molecule has 0 saturated heterocycles. The fourth-order valence-corrected chi connectivity index (χ4v) is 3.46. The molecule has 0 unspecified atom stereocenters. The fourth-order valence-electron chi connectivity index (χ4n) is 2.34. The van der Waals surface area contributed by atoms with Gasteiger partial charge in [-0.3, -0.25) is 4.72 Å². The minimum absolute atomic E-state index is 0.121. The topological polar surface area (TPSA) is 72.2 Å². The van der Waals surface area contributed by atoms with Crippen molar-refractivity contribution in [2.45, 2.75) is 12.7 Å². The second-order valence-electron chi connectivity index (χ2n) is 5.28. The third kappa shape index (κ3) is 3.78. The first kappa shape index (κ1) is 15.3. The quantitative estimate of drug-likeness (QED) is 0.777. The van der Waals surface area contributed by atoms with E-state index in [0.29, 0.717) is 5.56 Å². The van der Waals surface area contributed by atoms with Gasteiger partial charge < -0.3 is 4.52 Å². The van der Waals surface area contributed by atoms with Crippen LogP contribution in [0.4, 0.5) is 5.88 Å². The lowest BCUT2D eigenvalue weighted by molar-refractivity contribution is 0.435. The van der Waals surface area contributed by atoms with Crippen molar-refractivity contribution in [2.24, 2.45) is 0 Å². The maximum atomic E-state index is 12.4. The lowest BCUT2D eigenvalue weighted by Crippen LogP contribution is -2.15. The summed E-state index contributed by atoms with van der Waals surface area (Å²) in [5.41, 5.74) is 3.18. The van der Waals surface area contributed by atoms with Crippen LogP contribution < -0.4 is 4.72 Å². The summed E-state index contributed by atoms with van der Waals surface area (Å²) in [4.78, 5) is 0. The molecule has 0 atom stereocenters. The maximum Gasteiger partial charge on any atom is 0.245 e. The van der Waals surface area contributed by atoms with E-state index in [1.807, 2.05) is 55.5 Å². The van der Waals surface area contributed by atoms with Gasteiger partial charge in [0.05, 0.1) is 17.5 Å². The highest BCUT2D eigenvalue weighted by molar-refractivity contribution is 7.91. The van der Waals surface area contributed by atoms with E-state index < -0.39 is 10.0 Å². The monoisotopic (exact) mass is 328 g/mol. The van der Waals surface area contributed by atoms with E-state index in [9.17, 15) is 8.42 Å².